The van der Waals surface area contributed by atoms with Gasteiger partial charge in [0.15, 0.2) is 8.68 Å². The third-order valence-corrected chi connectivity index (χ3v) is 5.95. The highest BCUT2D eigenvalue weighted by Crippen LogP contribution is 2.31. The molecule has 0 radical (unpaired) electrons. The van der Waals surface area contributed by atoms with Gasteiger partial charge in [-0.3, -0.25) is 4.79 Å². The minimum atomic E-state index is -3.74. The Hall–Kier alpha value is -0.660. The second kappa shape index (κ2) is 3.97. The monoisotopic (exact) mass is 280 g/mol. The molecular weight excluding hydrogens is 272 g/mol. The molecule has 1 amide bonds. The first-order chi connectivity index (χ1) is 7.43. The van der Waals surface area contributed by atoms with Gasteiger partial charge in [-0.2, -0.15) is 0 Å². The molecule has 1 aromatic heterocycles. The minimum absolute atomic E-state index is 0.0627. The highest BCUT2D eigenvalue weighted by atomic mass is 35.5. The zero-order valence-electron chi connectivity index (χ0n) is 8.43. The van der Waals surface area contributed by atoms with Crippen LogP contribution in [-0.4, -0.2) is 30.2 Å². The Balaban J connectivity index is 2.46. The molecule has 0 N–H and O–H groups in total. The molecule has 16 heavy (non-hydrogen) atoms. The summed E-state index contributed by atoms with van der Waals surface area (Å²) in [5.41, 5.74) is 0.342. The van der Waals surface area contributed by atoms with Crippen molar-refractivity contribution in [3.05, 3.63) is 10.2 Å². The maximum atomic E-state index is 12.1. The number of amides is 1. The third-order valence-electron chi connectivity index (χ3n) is 2.28. The Kier molecular flexibility index (Phi) is 2.93. The van der Waals surface area contributed by atoms with E-state index >= 15 is 0 Å². The number of aryl methyl sites for hydroxylation is 1. The molecular formula is C8H9ClN2O3S2. The van der Waals surface area contributed by atoms with Gasteiger partial charge in [-0.25, -0.2) is 17.7 Å². The lowest BCUT2D eigenvalue weighted by atomic mass is 10.4. The van der Waals surface area contributed by atoms with Crippen LogP contribution in [0.1, 0.15) is 18.5 Å². The fourth-order valence-electron chi connectivity index (χ4n) is 1.57. The smallest absolute Gasteiger partial charge is 0.274 e. The largest absolute Gasteiger partial charge is 0.277 e. The molecule has 0 atom stereocenters. The maximum absolute atomic E-state index is 12.1. The normalized spacial score (nSPS) is 17.1. The molecule has 1 fully saturated rings. The molecule has 0 bridgehead atoms. The highest BCUT2D eigenvalue weighted by molar-refractivity contribution is 7.91. The summed E-state index contributed by atoms with van der Waals surface area (Å²) in [5.74, 6) is -0.357. The number of carbonyl (C=O) groups is 1. The van der Waals surface area contributed by atoms with E-state index in [2.05, 4.69) is 4.98 Å². The van der Waals surface area contributed by atoms with Crippen molar-refractivity contribution in [1.82, 2.24) is 9.29 Å². The summed E-state index contributed by atoms with van der Waals surface area (Å²) in [4.78, 5) is 15.3. The molecule has 8 heteroatoms. The second-order valence-electron chi connectivity index (χ2n) is 3.41. The van der Waals surface area contributed by atoms with Crippen molar-refractivity contribution in [2.75, 3.05) is 6.54 Å². The number of aromatic nitrogens is 1. The first kappa shape index (κ1) is 11.8. The quantitative estimate of drug-likeness (QED) is 0.822. The van der Waals surface area contributed by atoms with Crippen molar-refractivity contribution in [2.24, 2.45) is 0 Å². The van der Waals surface area contributed by atoms with Gasteiger partial charge in [-0.1, -0.05) is 22.9 Å². The number of carbonyl (C=O) groups excluding carboxylic acids is 1. The van der Waals surface area contributed by atoms with E-state index in [1.54, 1.807) is 6.92 Å². The molecule has 5 nitrogen and oxygen atoms in total. The van der Waals surface area contributed by atoms with Gasteiger partial charge in [0.1, 0.15) is 0 Å². The van der Waals surface area contributed by atoms with Crippen LogP contribution >= 0.6 is 22.9 Å². The molecule has 0 spiro atoms. The fourth-order valence-corrected chi connectivity index (χ4v) is 4.87. The Morgan fingerprint density at radius 3 is 2.62 bits per heavy atom. The van der Waals surface area contributed by atoms with E-state index in [0.29, 0.717) is 12.1 Å². The maximum Gasteiger partial charge on any atom is 0.277 e. The van der Waals surface area contributed by atoms with Crippen LogP contribution in [0.5, 0.6) is 0 Å². The predicted octanol–water partition coefficient (Wildman–Crippen LogP) is 1.42. The molecule has 1 aromatic rings. The summed E-state index contributed by atoms with van der Waals surface area (Å²) in [6, 6.07) is 0. The van der Waals surface area contributed by atoms with Crippen LogP contribution in [0.3, 0.4) is 0 Å². The number of halogens is 1. The molecule has 0 aliphatic carbocycles. The summed E-state index contributed by atoms with van der Waals surface area (Å²) in [5, 5.41) is 0. The average Bonchev–Trinajstić information content (AvgIpc) is 2.72. The number of hydrogen-bond donors (Lipinski definition) is 0. The molecule has 0 aromatic carbocycles. The van der Waals surface area contributed by atoms with Gasteiger partial charge >= 0.3 is 0 Å². The Morgan fingerprint density at radius 2 is 2.19 bits per heavy atom. The number of hydrogen-bond acceptors (Lipinski definition) is 5. The van der Waals surface area contributed by atoms with Crippen molar-refractivity contribution >= 4 is 38.9 Å². The molecule has 2 rings (SSSR count). The molecule has 1 saturated heterocycles. The number of rotatable bonds is 2. The molecule has 2 heterocycles. The van der Waals surface area contributed by atoms with Crippen molar-refractivity contribution in [1.29, 1.82) is 0 Å². The van der Waals surface area contributed by atoms with Gasteiger partial charge in [0.05, 0.1) is 5.69 Å². The lowest BCUT2D eigenvalue weighted by Crippen LogP contribution is -2.31. The zero-order chi connectivity index (χ0) is 11.9. The van der Waals surface area contributed by atoms with E-state index in [-0.39, 0.29) is 27.5 Å². The fraction of sp³-hybridized carbons (Fsp3) is 0.500. The summed E-state index contributed by atoms with van der Waals surface area (Å²) in [6.07, 6.45) is 0.856. The van der Waals surface area contributed by atoms with Crippen LogP contribution in [-0.2, 0) is 14.8 Å². The van der Waals surface area contributed by atoms with Gasteiger partial charge in [0.25, 0.3) is 10.0 Å². The average molecular weight is 281 g/mol. The van der Waals surface area contributed by atoms with Crippen molar-refractivity contribution in [3.8, 4) is 0 Å². The number of thiazole rings is 1. The predicted molar refractivity (Wildman–Crippen MR) is 60.0 cm³/mol. The van der Waals surface area contributed by atoms with Gasteiger partial charge in [0.2, 0.25) is 5.91 Å². The third kappa shape index (κ3) is 1.83. The van der Waals surface area contributed by atoms with E-state index in [9.17, 15) is 13.2 Å². The lowest BCUT2D eigenvalue weighted by molar-refractivity contribution is -0.123. The van der Waals surface area contributed by atoms with E-state index in [4.69, 9.17) is 11.6 Å². The van der Waals surface area contributed by atoms with Crippen LogP contribution in [0.25, 0.3) is 0 Å². The molecule has 0 unspecified atom stereocenters. The summed E-state index contributed by atoms with van der Waals surface area (Å²) < 4.78 is 25.3. The van der Waals surface area contributed by atoms with Gasteiger partial charge in [-0.05, 0) is 13.3 Å². The van der Waals surface area contributed by atoms with Gasteiger partial charge < -0.3 is 0 Å². The highest BCUT2D eigenvalue weighted by Gasteiger charge is 2.35. The Labute approximate surface area is 102 Å². The number of nitrogens with zero attached hydrogens (tertiary/aromatic N) is 2. The topological polar surface area (TPSA) is 67.3 Å². The lowest BCUT2D eigenvalue weighted by Gasteiger charge is -2.14. The van der Waals surface area contributed by atoms with Crippen molar-refractivity contribution in [3.63, 3.8) is 0 Å². The first-order valence-electron chi connectivity index (χ1n) is 4.61. The minimum Gasteiger partial charge on any atom is -0.274 e. The van der Waals surface area contributed by atoms with Gasteiger partial charge in [-0.15, -0.1) is 0 Å². The Bertz CT molecular complexity index is 537. The molecule has 0 saturated carbocycles. The van der Waals surface area contributed by atoms with E-state index < -0.39 is 10.0 Å². The standard InChI is InChI=1S/C8H9ClN2O3S2/c1-5-7(15-8(9)10-5)16(13,14)11-4-2-3-6(11)12/h2-4H2,1H3. The van der Waals surface area contributed by atoms with Crippen molar-refractivity contribution in [2.45, 2.75) is 24.0 Å². The van der Waals surface area contributed by atoms with Crippen molar-refractivity contribution < 1.29 is 13.2 Å². The Morgan fingerprint density at radius 1 is 1.50 bits per heavy atom. The molecule has 1 aliphatic heterocycles. The van der Waals surface area contributed by atoms with Crippen LogP contribution in [0.2, 0.25) is 4.47 Å². The van der Waals surface area contributed by atoms with E-state index in [1.165, 1.54) is 0 Å². The zero-order valence-corrected chi connectivity index (χ0v) is 10.8. The van der Waals surface area contributed by atoms with Crippen LogP contribution in [0.4, 0.5) is 0 Å². The first-order valence-corrected chi connectivity index (χ1v) is 7.25. The number of sulfonamides is 1. The van der Waals surface area contributed by atoms with E-state index in [1.807, 2.05) is 0 Å². The van der Waals surface area contributed by atoms with Gasteiger partial charge in [0, 0.05) is 13.0 Å². The summed E-state index contributed by atoms with van der Waals surface area (Å²) >= 11 is 6.54. The summed E-state index contributed by atoms with van der Waals surface area (Å²) in [7, 11) is -3.74. The summed E-state index contributed by atoms with van der Waals surface area (Å²) in [6.45, 7) is 1.81. The second-order valence-corrected chi connectivity index (χ2v) is 7.05. The van der Waals surface area contributed by atoms with Crippen LogP contribution < -0.4 is 0 Å². The molecule has 88 valence electrons. The van der Waals surface area contributed by atoms with Crippen LogP contribution in [0.15, 0.2) is 4.21 Å². The van der Waals surface area contributed by atoms with E-state index in [0.717, 1.165) is 15.6 Å². The molecule has 1 aliphatic rings. The SMILES string of the molecule is Cc1nc(Cl)sc1S(=O)(=O)N1CCCC1=O. The van der Waals surface area contributed by atoms with Crippen LogP contribution in [0, 0.1) is 6.92 Å².